The van der Waals surface area contributed by atoms with Crippen molar-refractivity contribution in [3.05, 3.63) is 22.7 Å². The normalized spacial score (nSPS) is 13.2. The van der Waals surface area contributed by atoms with Crippen molar-refractivity contribution in [2.45, 2.75) is 19.7 Å². The summed E-state index contributed by atoms with van der Waals surface area (Å²) in [6.45, 7) is 2.55. The van der Waals surface area contributed by atoms with Gasteiger partial charge in [-0.05, 0) is 40.5 Å². The maximum Gasteiger partial charge on any atom is 0.573 e. The molecule has 0 saturated heterocycles. The molecule has 0 radical (unpaired) electrons. The van der Waals surface area contributed by atoms with Crippen LogP contribution in [0.25, 0.3) is 0 Å². The van der Waals surface area contributed by atoms with Crippen molar-refractivity contribution < 1.29 is 22.6 Å². The van der Waals surface area contributed by atoms with E-state index in [1.165, 1.54) is 18.2 Å². The standard InChI is InChI=1S/C12H13Br2F3O2/c1-2-8(6-13)7-18-9-3-4-11(10(14)5-9)19-12(15,16)17/h3-5,8H,2,6-7H2,1H3. The van der Waals surface area contributed by atoms with Crippen molar-refractivity contribution in [1.82, 2.24) is 0 Å². The van der Waals surface area contributed by atoms with E-state index < -0.39 is 6.36 Å². The van der Waals surface area contributed by atoms with E-state index in [-0.39, 0.29) is 10.2 Å². The molecule has 0 aliphatic carbocycles. The lowest BCUT2D eigenvalue weighted by Crippen LogP contribution is -2.17. The van der Waals surface area contributed by atoms with E-state index in [0.29, 0.717) is 18.3 Å². The van der Waals surface area contributed by atoms with Crippen LogP contribution in [0.3, 0.4) is 0 Å². The predicted octanol–water partition coefficient (Wildman–Crippen LogP) is 5.15. The van der Waals surface area contributed by atoms with E-state index in [0.717, 1.165) is 11.8 Å². The first kappa shape index (κ1) is 16.6. The highest BCUT2D eigenvalue weighted by Crippen LogP contribution is 2.33. The van der Waals surface area contributed by atoms with Gasteiger partial charge in [-0.25, -0.2) is 0 Å². The van der Waals surface area contributed by atoms with Crippen LogP contribution in [-0.4, -0.2) is 18.3 Å². The SMILES string of the molecule is CCC(CBr)COc1ccc(OC(F)(F)F)c(Br)c1. The molecular formula is C12H13Br2F3O2. The van der Waals surface area contributed by atoms with Crippen LogP contribution in [0.2, 0.25) is 0 Å². The van der Waals surface area contributed by atoms with E-state index >= 15 is 0 Å². The second-order valence-corrected chi connectivity index (χ2v) is 5.38. The van der Waals surface area contributed by atoms with E-state index in [1.54, 1.807) is 0 Å². The number of hydrogen-bond donors (Lipinski definition) is 0. The minimum absolute atomic E-state index is 0.203. The van der Waals surface area contributed by atoms with Gasteiger partial charge in [0.15, 0.2) is 0 Å². The van der Waals surface area contributed by atoms with Crippen molar-refractivity contribution in [2.24, 2.45) is 5.92 Å². The summed E-state index contributed by atoms with van der Waals surface area (Å²) in [6.07, 6.45) is -3.74. The molecule has 1 rings (SSSR count). The van der Waals surface area contributed by atoms with Crippen molar-refractivity contribution in [2.75, 3.05) is 11.9 Å². The van der Waals surface area contributed by atoms with Crippen LogP contribution in [0, 0.1) is 5.92 Å². The molecule has 108 valence electrons. The highest BCUT2D eigenvalue weighted by molar-refractivity contribution is 9.10. The fourth-order valence-corrected chi connectivity index (χ4v) is 2.35. The average Bonchev–Trinajstić information content (AvgIpc) is 2.32. The van der Waals surface area contributed by atoms with Gasteiger partial charge in [0.25, 0.3) is 0 Å². The average molecular weight is 406 g/mol. The molecule has 0 aliphatic heterocycles. The lowest BCUT2D eigenvalue weighted by molar-refractivity contribution is -0.274. The minimum Gasteiger partial charge on any atom is -0.493 e. The maximum atomic E-state index is 12.1. The summed E-state index contributed by atoms with van der Waals surface area (Å²) in [6, 6.07) is 4.14. The van der Waals surface area contributed by atoms with Gasteiger partial charge in [0.1, 0.15) is 11.5 Å². The highest BCUT2D eigenvalue weighted by Gasteiger charge is 2.32. The smallest absolute Gasteiger partial charge is 0.493 e. The Balaban J connectivity index is 2.66. The Morgan fingerprint density at radius 1 is 1.32 bits per heavy atom. The van der Waals surface area contributed by atoms with E-state index in [2.05, 4.69) is 36.6 Å². The summed E-state index contributed by atoms with van der Waals surface area (Å²) in [5, 5.41) is 0.819. The predicted molar refractivity (Wildman–Crippen MR) is 73.9 cm³/mol. The van der Waals surface area contributed by atoms with Gasteiger partial charge in [0.2, 0.25) is 0 Å². The third kappa shape index (κ3) is 6.03. The van der Waals surface area contributed by atoms with Crippen molar-refractivity contribution in [3.8, 4) is 11.5 Å². The lowest BCUT2D eigenvalue weighted by Gasteiger charge is -2.15. The Hall–Kier alpha value is -0.430. The van der Waals surface area contributed by atoms with Gasteiger partial charge >= 0.3 is 6.36 Å². The Bertz CT molecular complexity index is 406. The quantitative estimate of drug-likeness (QED) is 0.609. The zero-order valence-corrected chi connectivity index (χ0v) is 13.3. The summed E-state index contributed by atoms with van der Waals surface area (Å²) >= 11 is 6.40. The zero-order chi connectivity index (χ0) is 14.5. The molecule has 0 fully saturated rings. The van der Waals surface area contributed by atoms with Gasteiger partial charge in [-0.3, -0.25) is 0 Å². The second-order valence-electron chi connectivity index (χ2n) is 3.88. The Morgan fingerprint density at radius 2 is 2.00 bits per heavy atom. The summed E-state index contributed by atoms with van der Waals surface area (Å²) in [4.78, 5) is 0. The molecule has 0 aliphatic rings. The van der Waals surface area contributed by atoms with E-state index in [4.69, 9.17) is 4.74 Å². The molecular weight excluding hydrogens is 393 g/mol. The van der Waals surface area contributed by atoms with Crippen molar-refractivity contribution >= 4 is 31.9 Å². The topological polar surface area (TPSA) is 18.5 Å². The molecule has 0 heterocycles. The largest absolute Gasteiger partial charge is 0.573 e. The molecule has 1 unspecified atom stereocenters. The zero-order valence-electron chi connectivity index (χ0n) is 10.1. The summed E-state index contributed by atoms with van der Waals surface area (Å²) in [5.41, 5.74) is 0. The number of hydrogen-bond acceptors (Lipinski definition) is 2. The first-order valence-electron chi connectivity index (χ1n) is 5.59. The summed E-state index contributed by atoms with van der Waals surface area (Å²) in [7, 11) is 0. The number of halogens is 5. The molecule has 1 aromatic rings. The molecule has 0 saturated carbocycles. The summed E-state index contributed by atoms with van der Waals surface area (Å²) < 4.78 is 45.8. The van der Waals surface area contributed by atoms with Crippen LogP contribution in [0.15, 0.2) is 22.7 Å². The number of benzene rings is 1. The molecule has 2 nitrogen and oxygen atoms in total. The van der Waals surface area contributed by atoms with Gasteiger partial charge in [0, 0.05) is 11.2 Å². The third-order valence-electron chi connectivity index (χ3n) is 2.41. The van der Waals surface area contributed by atoms with Crippen molar-refractivity contribution in [3.63, 3.8) is 0 Å². The third-order valence-corrected chi connectivity index (χ3v) is 3.95. The molecule has 0 aromatic heterocycles. The van der Waals surface area contributed by atoms with Gasteiger partial charge in [-0.2, -0.15) is 0 Å². The highest BCUT2D eigenvalue weighted by atomic mass is 79.9. The van der Waals surface area contributed by atoms with E-state index in [1.807, 2.05) is 6.92 Å². The lowest BCUT2D eigenvalue weighted by atomic mass is 10.1. The maximum absolute atomic E-state index is 12.1. The number of ether oxygens (including phenoxy) is 2. The Morgan fingerprint density at radius 3 is 2.47 bits per heavy atom. The molecule has 0 spiro atoms. The molecule has 19 heavy (non-hydrogen) atoms. The molecule has 1 atom stereocenters. The van der Waals surface area contributed by atoms with Gasteiger partial charge in [-0.15, -0.1) is 13.2 Å². The molecule has 0 N–H and O–H groups in total. The first-order chi connectivity index (χ1) is 8.85. The van der Waals surface area contributed by atoms with Gasteiger partial charge in [-0.1, -0.05) is 22.9 Å². The van der Waals surface area contributed by atoms with Crippen LogP contribution in [0.4, 0.5) is 13.2 Å². The molecule has 1 aromatic carbocycles. The molecule has 0 bridgehead atoms. The van der Waals surface area contributed by atoms with Crippen molar-refractivity contribution in [1.29, 1.82) is 0 Å². The van der Waals surface area contributed by atoms with Crippen LogP contribution in [0.5, 0.6) is 11.5 Å². The van der Waals surface area contributed by atoms with Crippen LogP contribution >= 0.6 is 31.9 Å². The molecule has 7 heteroatoms. The van der Waals surface area contributed by atoms with Crippen LogP contribution in [0.1, 0.15) is 13.3 Å². The number of alkyl halides is 4. The fraction of sp³-hybridized carbons (Fsp3) is 0.500. The van der Waals surface area contributed by atoms with Crippen LogP contribution < -0.4 is 9.47 Å². The van der Waals surface area contributed by atoms with Crippen LogP contribution in [-0.2, 0) is 0 Å². The summed E-state index contributed by atoms with van der Waals surface area (Å²) in [5.74, 6) is 0.582. The fourth-order valence-electron chi connectivity index (χ4n) is 1.26. The molecule has 0 amide bonds. The second kappa shape index (κ2) is 7.38. The Kier molecular flexibility index (Phi) is 6.46. The van der Waals surface area contributed by atoms with E-state index in [9.17, 15) is 13.2 Å². The monoisotopic (exact) mass is 404 g/mol. The first-order valence-corrected chi connectivity index (χ1v) is 7.51. The van der Waals surface area contributed by atoms with Gasteiger partial charge < -0.3 is 9.47 Å². The minimum atomic E-state index is -4.70. The van der Waals surface area contributed by atoms with Gasteiger partial charge in [0.05, 0.1) is 11.1 Å². The number of rotatable bonds is 6. The Labute approximate surface area is 126 Å².